The van der Waals surface area contributed by atoms with Gasteiger partial charge < -0.3 is 15.0 Å². The molecule has 0 aromatic carbocycles. The van der Waals surface area contributed by atoms with Crippen molar-refractivity contribution in [3.05, 3.63) is 48.7 Å². The first-order valence-electron chi connectivity index (χ1n) is 10.9. The van der Waals surface area contributed by atoms with Crippen LogP contribution >= 0.6 is 0 Å². The number of rotatable bonds is 6. The number of ether oxygens (including phenoxy) is 1. The Bertz CT molecular complexity index is 1240. The van der Waals surface area contributed by atoms with Gasteiger partial charge in [0.2, 0.25) is 0 Å². The first kappa shape index (κ1) is 20.4. The van der Waals surface area contributed by atoms with Gasteiger partial charge >= 0.3 is 0 Å². The summed E-state index contributed by atoms with van der Waals surface area (Å²) in [4.78, 5) is 10.9. The number of nitrogens with zero attached hydrogens (tertiary/aromatic N) is 7. The Kier molecular flexibility index (Phi) is 5.26. The topological polar surface area (TPSA) is 85.4 Å². The lowest BCUT2D eigenvalue weighted by atomic mass is 10.1. The van der Waals surface area contributed by atoms with E-state index in [1.165, 1.54) is 0 Å². The molecule has 1 aliphatic heterocycles. The molecule has 1 atom stereocenters. The Morgan fingerprint density at radius 3 is 2.78 bits per heavy atom. The van der Waals surface area contributed by atoms with E-state index in [4.69, 9.17) is 4.74 Å². The number of likely N-dealkylation sites (N-methyl/N-ethyl adjacent to an activating group) is 1. The third kappa shape index (κ3) is 4.03. The minimum Gasteiger partial charge on any atom is -0.485 e. The van der Waals surface area contributed by atoms with E-state index in [1.54, 1.807) is 6.33 Å². The minimum atomic E-state index is 0.195. The van der Waals surface area contributed by atoms with Gasteiger partial charge in [-0.25, -0.2) is 14.5 Å². The van der Waals surface area contributed by atoms with Crippen molar-refractivity contribution in [1.82, 2.24) is 34.3 Å². The normalized spacial score (nSPS) is 16.8. The van der Waals surface area contributed by atoms with Crippen LogP contribution in [0.25, 0.3) is 16.8 Å². The fraction of sp³-hybridized carbons (Fsp3) is 0.391. The third-order valence-electron chi connectivity index (χ3n) is 5.82. The van der Waals surface area contributed by atoms with Crippen LogP contribution in [-0.4, -0.2) is 60.5 Å². The summed E-state index contributed by atoms with van der Waals surface area (Å²) in [6.07, 6.45) is 6.57. The number of aromatic nitrogens is 6. The summed E-state index contributed by atoms with van der Waals surface area (Å²) in [5.41, 5.74) is 3.96. The molecule has 0 saturated carbocycles. The highest BCUT2D eigenvalue weighted by Gasteiger charge is 2.23. The number of anilines is 2. The summed E-state index contributed by atoms with van der Waals surface area (Å²) in [6.45, 7) is 6.22. The van der Waals surface area contributed by atoms with Crippen molar-refractivity contribution < 1.29 is 4.74 Å². The van der Waals surface area contributed by atoms with E-state index in [0.29, 0.717) is 5.92 Å². The lowest BCUT2D eigenvalue weighted by Crippen LogP contribution is -2.21. The molecular formula is C23H28N8O. The fourth-order valence-electron chi connectivity index (χ4n) is 4.09. The highest BCUT2D eigenvalue weighted by Crippen LogP contribution is 2.32. The molecule has 0 spiro atoms. The summed E-state index contributed by atoms with van der Waals surface area (Å²) in [6, 6.07) is 8.10. The molecule has 1 aliphatic rings. The molecule has 4 aromatic heterocycles. The van der Waals surface area contributed by atoms with Crippen LogP contribution in [-0.2, 0) is 7.05 Å². The molecular weight excluding hydrogens is 404 g/mol. The average molecular weight is 433 g/mol. The monoisotopic (exact) mass is 432 g/mol. The van der Waals surface area contributed by atoms with Crippen molar-refractivity contribution in [2.24, 2.45) is 7.05 Å². The second-order valence-corrected chi connectivity index (χ2v) is 8.69. The van der Waals surface area contributed by atoms with Crippen LogP contribution in [0.3, 0.4) is 0 Å². The van der Waals surface area contributed by atoms with E-state index in [2.05, 4.69) is 57.3 Å². The van der Waals surface area contributed by atoms with Crippen LogP contribution in [0.15, 0.2) is 43.0 Å². The van der Waals surface area contributed by atoms with E-state index < -0.39 is 0 Å². The van der Waals surface area contributed by atoms with Crippen LogP contribution in [0.4, 0.5) is 11.6 Å². The molecule has 0 aliphatic carbocycles. The highest BCUT2D eigenvalue weighted by molar-refractivity contribution is 5.72. The zero-order valence-electron chi connectivity index (χ0n) is 18.9. The van der Waals surface area contributed by atoms with E-state index in [9.17, 15) is 0 Å². The molecule has 5 heterocycles. The first-order valence-corrected chi connectivity index (χ1v) is 10.9. The van der Waals surface area contributed by atoms with Gasteiger partial charge in [0.1, 0.15) is 23.9 Å². The van der Waals surface area contributed by atoms with Crippen molar-refractivity contribution in [3.8, 4) is 17.0 Å². The third-order valence-corrected chi connectivity index (χ3v) is 5.82. The van der Waals surface area contributed by atoms with Crippen LogP contribution in [0.5, 0.6) is 5.75 Å². The zero-order chi connectivity index (χ0) is 22.2. The molecule has 166 valence electrons. The molecule has 0 radical (unpaired) electrons. The maximum atomic E-state index is 6.30. The molecule has 1 saturated heterocycles. The predicted octanol–water partition coefficient (Wildman–Crippen LogP) is 3.47. The molecule has 9 nitrogen and oxygen atoms in total. The van der Waals surface area contributed by atoms with Crippen molar-refractivity contribution in [1.29, 1.82) is 0 Å². The molecule has 1 N–H and O–H groups in total. The number of pyridine rings is 1. The van der Waals surface area contributed by atoms with Gasteiger partial charge in [-0.05, 0) is 31.5 Å². The number of hydrogen-bond acceptors (Lipinski definition) is 7. The molecule has 0 bridgehead atoms. The Labute approximate surface area is 187 Å². The van der Waals surface area contributed by atoms with Gasteiger partial charge in [-0.1, -0.05) is 13.8 Å². The van der Waals surface area contributed by atoms with Gasteiger partial charge in [0.25, 0.3) is 0 Å². The van der Waals surface area contributed by atoms with Crippen molar-refractivity contribution >= 4 is 17.2 Å². The standard InChI is InChI=1S/C23H28N8O/c1-15(2)19-11-21(25-14-24-19)27-22-10-17-9-16(5-8-31(17)28-22)23-20(12-26-30(23)4)32-18-6-7-29(3)13-18/h5,8-12,14-15,18H,6-7,13H2,1-4H3,(H,24,25,27,28)/t18-/m0/s1. The van der Waals surface area contributed by atoms with E-state index in [1.807, 2.05) is 46.8 Å². The number of likely N-dealkylation sites (tertiary alicyclic amines) is 1. The zero-order valence-corrected chi connectivity index (χ0v) is 18.9. The second-order valence-electron chi connectivity index (χ2n) is 8.69. The van der Waals surface area contributed by atoms with Crippen LogP contribution in [0.1, 0.15) is 31.9 Å². The van der Waals surface area contributed by atoms with Crippen molar-refractivity contribution in [2.45, 2.75) is 32.3 Å². The number of nitrogens with one attached hydrogen (secondary N) is 1. The Morgan fingerprint density at radius 1 is 1.12 bits per heavy atom. The van der Waals surface area contributed by atoms with Gasteiger partial charge in [0.05, 0.1) is 11.7 Å². The molecule has 32 heavy (non-hydrogen) atoms. The maximum Gasteiger partial charge on any atom is 0.165 e. The second kappa shape index (κ2) is 8.23. The summed E-state index contributed by atoms with van der Waals surface area (Å²) in [5.74, 6) is 2.61. The number of hydrogen-bond donors (Lipinski definition) is 1. The smallest absolute Gasteiger partial charge is 0.165 e. The lowest BCUT2D eigenvalue weighted by molar-refractivity contribution is 0.209. The summed E-state index contributed by atoms with van der Waals surface area (Å²) < 4.78 is 10.0. The fourth-order valence-corrected chi connectivity index (χ4v) is 4.09. The van der Waals surface area contributed by atoms with Gasteiger partial charge in [0.15, 0.2) is 11.6 Å². The van der Waals surface area contributed by atoms with E-state index in [-0.39, 0.29) is 6.10 Å². The Morgan fingerprint density at radius 2 is 2.00 bits per heavy atom. The van der Waals surface area contributed by atoms with E-state index >= 15 is 0 Å². The molecule has 1 fully saturated rings. The first-order chi connectivity index (χ1) is 15.5. The largest absolute Gasteiger partial charge is 0.485 e. The van der Waals surface area contributed by atoms with Gasteiger partial charge in [-0.15, -0.1) is 0 Å². The van der Waals surface area contributed by atoms with Crippen molar-refractivity contribution in [3.63, 3.8) is 0 Å². The van der Waals surface area contributed by atoms with Gasteiger partial charge in [-0.2, -0.15) is 10.2 Å². The molecule has 4 aromatic rings. The molecule has 5 rings (SSSR count). The van der Waals surface area contributed by atoms with Gasteiger partial charge in [-0.3, -0.25) is 4.68 Å². The molecule has 9 heteroatoms. The van der Waals surface area contributed by atoms with Crippen molar-refractivity contribution in [2.75, 3.05) is 25.5 Å². The SMILES string of the molecule is CC(C)c1cc(Nc2cc3cc(-c4c(O[C@H]5CCN(C)C5)cnn4C)ccn3n2)ncn1. The Balaban J connectivity index is 1.41. The highest BCUT2D eigenvalue weighted by atomic mass is 16.5. The van der Waals surface area contributed by atoms with Crippen LogP contribution in [0, 0.1) is 0 Å². The number of aryl methyl sites for hydroxylation is 1. The lowest BCUT2D eigenvalue weighted by Gasteiger charge is -2.14. The molecule has 0 amide bonds. The van der Waals surface area contributed by atoms with Crippen LogP contribution < -0.4 is 10.1 Å². The average Bonchev–Trinajstić information content (AvgIpc) is 3.46. The number of fused-ring (bicyclic) bond motifs is 1. The quantitative estimate of drug-likeness (QED) is 0.499. The maximum absolute atomic E-state index is 6.30. The predicted molar refractivity (Wildman–Crippen MR) is 123 cm³/mol. The minimum absolute atomic E-state index is 0.195. The van der Waals surface area contributed by atoms with Crippen LogP contribution in [0.2, 0.25) is 0 Å². The molecule has 0 unspecified atom stereocenters. The van der Waals surface area contributed by atoms with Gasteiger partial charge in [0, 0.05) is 49.7 Å². The Hall–Kier alpha value is -3.46. The van der Waals surface area contributed by atoms with E-state index in [0.717, 1.165) is 59.4 Å². The summed E-state index contributed by atoms with van der Waals surface area (Å²) in [7, 11) is 4.07. The summed E-state index contributed by atoms with van der Waals surface area (Å²) >= 11 is 0. The summed E-state index contributed by atoms with van der Waals surface area (Å²) in [5, 5.41) is 12.4.